The molecule has 20 heavy (non-hydrogen) atoms. The summed E-state index contributed by atoms with van der Waals surface area (Å²) in [6, 6.07) is 14.8. The molecule has 0 aliphatic rings. The maximum atomic E-state index is 12.7. The molecule has 4 heteroatoms. The van der Waals surface area contributed by atoms with Gasteiger partial charge in [-0.15, -0.1) is 0 Å². The largest absolute Gasteiger partial charge is 0.223 e. The first-order valence-electron chi connectivity index (χ1n) is 6.34. The highest BCUT2D eigenvalue weighted by atomic mass is 79.9. The fourth-order valence-electron chi connectivity index (χ4n) is 1.93. The lowest BCUT2D eigenvalue weighted by Gasteiger charge is -2.21. The van der Waals surface area contributed by atoms with Gasteiger partial charge < -0.3 is 0 Å². The molecule has 106 valence electrons. The summed E-state index contributed by atoms with van der Waals surface area (Å²) >= 11 is 3.49. The molecule has 0 saturated heterocycles. The zero-order valence-corrected chi connectivity index (χ0v) is 14.1. The SMILES string of the molecule is CC(C)(C)S(=O)(=O)c1ccccc1-c1ccccc1Br. The quantitative estimate of drug-likeness (QED) is 0.785. The van der Waals surface area contributed by atoms with E-state index in [2.05, 4.69) is 15.9 Å². The fourth-order valence-corrected chi connectivity index (χ4v) is 3.82. The minimum absolute atomic E-state index is 0.374. The van der Waals surface area contributed by atoms with E-state index in [1.165, 1.54) is 0 Å². The average Bonchev–Trinajstić information content (AvgIpc) is 2.38. The van der Waals surface area contributed by atoms with Gasteiger partial charge in [-0.2, -0.15) is 0 Å². The molecule has 0 aromatic heterocycles. The van der Waals surface area contributed by atoms with E-state index in [1.807, 2.05) is 36.4 Å². The van der Waals surface area contributed by atoms with Crippen molar-refractivity contribution in [2.45, 2.75) is 30.4 Å². The minimum atomic E-state index is -3.39. The summed E-state index contributed by atoms with van der Waals surface area (Å²) in [5, 5.41) is 0. The summed E-state index contributed by atoms with van der Waals surface area (Å²) in [5.41, 5.74) is 1.62. The van der Waals surface area contributed by atoms with E-state index in [0.717, 1.165) is 15.6 Å². The fraction of sp³-hybridized carbons (Fsp3) is 0.250. The highest BCUT2D eigenvalue weighted by Gasteiger charge is 2.32. The van der Waals surface area contributed by atoms with E-state index in [-0.39, 0.29) is 0 Å². The molecule has 0 aliphatic carbocycles. The predicted octanol–water partition coefficient (Wildman–Crippen LogP) is 4.69. The Morgan fingerprint density at radius 3 is 1.90 bits per heavy atom. The first kappa shape index (κ1) is 15.3. The van der Waals surface area contributed by atoms with Gasteiger partial charge in [-0.05, 0) is 38.5 Å². The van der Waals surface area contributed by atoms with Gasteiger partial charge >= 0.3 is 0 Å². The molecule has 2 nitrogen and oxygen atoms in total. The Morgan fingerprint density at radius 2 is 1.35 bits per heavy atom. The number of halogens is 1. The monoisotopic (exact) mass is 352 g/mol. The van der Waals surface area contributed by atoms with Crippen LogP contribution in [0.5, 0.6) is 0 Å². The van der Waals surface area contributed by atoms with E-state index >= 15 is 0 Å². The van der Waals surface area contributed by atoms with Crippen molar-refractivity contribution in [3.8, 4) is 11.1 Å². The molecule has 0 aliphatic heterocycles. The Balaban J connectivity index is 2.74. The van der Waals surface area contributed by atoms with Crippen molar-refractivity contribution in [1.29, 1.82) is 0 Å². The average molecular weight is 353 g/mol. The maximum Gasteiger partial charge on any atom is 0.183 e. The van der Waals surface area contributed by atoms with Crippen LogP contribution < -0.4 is 0 Å². The molecule has 0 amide bonds. The zero-order valence-electron chi connectivity index (χ0n) is 11.7. The van der Waals surface area contributed by atoms with Crippen molar-refractivity contribution < 1.29 is 8.42 Å². The van der Waals surface area contributed by atoms with Gasteiger partial charge in [0.2, 0.25) is 0 Å². The standard InChI is InChI=1S/C16H17BrO2S/c1-16(2,3)20(18,19)15-11-7-5-9-13(15)12-8-4-6-10-14(12)17/h4-11H,1-3H3. The smallest absolute Gasteiger partial charge is 0.183 e. The maximum absolute atomic E-state index is 12.7. The number of hydrogen-bond donors (Lipinski definition) is 0. The topological polar surface area (TPSA) is 34.1 Å². The second-order valence-electron chi connectivity index (χ2n) is 5.59. The molecule has 2 aromatic carbocycles. The van der Waals surface area contributed by atoms with Crippen molar-refractivity contribution >= 4 is 25.8 Å². The van der Waals surface area contributed by atoms with E-state index in [1.54, 1.807) is 32.9 Å². The summed E-state index contributed by atoms with van der Waals surface area (Å²) in [6.45, 7) is 5.16. The van der Waals surface area contributed by atoms with Crippen molar-refractivity contribution in [3.63, 3.8) is 0 Å². The van der Waals surface area contributed by atoms with Gasteiger partial charge in [-0.3, -0.25) is 0 Å². The minimum Gasteiger partial charge on any atom is -0.223 e. The van der Waals surface area contributed by atoms with Crippen LogP contribution in [0, 0.1) is 0 Å². The summed E-state index contributed by atoms with van der Waals surface area (Å²) in [4.78, 5) is 0.374. The highest BCUT2D eigenvalue weighted by molar-refractivity contribution is 9.10. The summed E-state index contributed by atoms with van der Waals surface area (Å²) in [5.74, 6) is 0. The molecule has 0 atom stereocenters. The van der Waals surface area contributed by atoms with Crippen LogP contribution in [0.1, 0.15) is 20.8 Å². The van der Waals surface area contributed by atoms with E-state index in [0.29, 0.717) is 4.90 Å². The van der Waals surface area contributed by atoms with E-state index < -0.39 is 14.6 Å². The summed E-state index contributed by atoms with van der Waals surface area (Å²) in [6.07, 6.45) is 0. The molecule has 0 fully saturated rings. The molecule has 2 aromatic rings. The molecule has 0 unspecified atom stereocenters. The third kappa shape index (κ3) is 2.67. The lowest BCUT2D eigenvalue weighted by atomic mass is 10.1. The first-order valence-corrected chi connectivity index (χ1v) is 8.61. The van der Waals surface area contributed by atoms with Gasteiger partial charge in [0.15, 0.2) is 9.84 Å². The van der Waals surface area contributed by atoms with Crippen LogP contribution in [0.2, 0.25) is 0 Å². The van der Waals surface area contributed by atoms with E-state index in [4.69, 9.17) is 0 Å². The third-order valence-corrected chi connectivity index (χ3v) is 6.39. The second-order valence-corrected chi connectivity index (χ2v) is 9.12. The lowest BCUT2D eigenvalue weighted by molar-refractivity contribution is 0.560. The lowest BCUT2D eigenvalue weighted by Crippen LogP contribution is -2.28. The highest BCUT2D eigenvalue weighted by Crippen LogP contribution is 2.36. The Labute approximate surface area is 128 Å². The van der Waals surface area contributed by atoms with Crippen molar-refractivity contribution in [2.24, 2.45) is 0 Å². The van der Waals surface area contributed by atoms with Crippen LogP contribution in [-0.2, 0) is 9.84 Å². The van der Waals surface area contributed by atoms with Gasteiger partial charge in [-0.1, -0.05) is 52.3 Å². The molecule has 0 spiro atoms. The van der Waals surface area contributed by atoms with Crippen molar-refractivity contribution in [1.82, 2.24) is 0 Å². The normalized spacial score (nSPS) is 12.4. The van der Waals surface area contributed by atoms with Gasteiger partial charge in [0.25, 0.3) is 0 Å². The number of rotatable bonds is 2. The van der Waals surface area contributed by atoms with Crippen molar-refractivity contribution in [2.75, 3.05) is 0 Å². The van der Waals surface area contributed by atoms with Gasteiger partial charge in [0.1, 0.15) is 0 Å². The third-order valence-electron chi connectivity index (χ3n) is 3.15. The molecule has 0 radical (unpaired) electrons. The molecule has 2 rings (SSSR count). The number of benzene rings is 2. The van der Waals surface area contributed by atoms with Crippen LogP contribution in [-0.4, -0.2) is 13.2 Å². The van der Waals surface area contributed by atoms with E-state index in [9.17, 15) is 8.42 Å². The molecule has 0 N–H and O–H groups in total. The van der Waals surface area contributed by atoms with Gasteiger partial charge in [0, 0.05) is 10.0 Å². The summed E-state index contributed by atoms with van der Waals surface area (Å²) < 4.78 is 25.5. The Morgan fingerprint density at radius 1 is 0.850 bits per heavy atom. The van der Waals surface area contributed by atoms with Crippen LogP contribution in [0.4, 0.5) is 0 Å². The van der Waals surface area contributed by atoms with Crippen LogP contribution in [0.25, 0.3) is 11.1 Å². The van der Waals surface area contributed by atoms with Crippen LogP contribution in [0.15, 0.2) is 57.9 Å². The Bertz CT molecular complexity index is 728. The molecular weight excluding hydrogens is 336 g/mol. The van der Waals surface area contributed by atoms with Crippen molar-refractivity contribution in [3.05, 3.63) is 53.0 Å². The number of hydrogen-bond acceptors (Lipinski definition) is 2. The van der Waals surface area contributed by atoms with Gasteiger partial charge in [-0.25, -0.2) is 8.42 Å². The molecule has 0 heterocycles. The van der Waals surface area contributed by atoms with Crippen LogP contribution >= 0.6 is 15.9 Å². The second kappa shape index (κ2) is 5.34. The molecule has 0 bridgehead atoms. The first-order chi connectivity index (χ1) is 9.25. The summed E-state index contributed by atoms with van der Waals surface area (Å²) in [7, 11) is -3.39. The molecular formula is C16H17BrO2S. The predicted molar refractivity (Wildman–Crippen MR) is 86.5 cm³/mol. The molecule has 0 saturated carbocycles. The Kier molecular flexibility index (Phi) is 4.07. The van der Waals surface area contributed by atoms with Crippen LogP contribution in [0.3, 0.4) is 0 Å². The zero-order chi connectivity index (χ0) is 15.0. The van der Waals surface area contributed by atoms with Gasteiger partial charge in [0.05, 0.1) is 9.64 Å². The number of sulfone groups is 1. The Hall–Kier alpha value is -1.13.